The number of aromatic carboxylic acids is 1. The summed E-state index contributed by atoms with van der Waals surface area (Å²) in [7, 11) is 1.74. The highest BCUT2D eigenvalue weighted by atomic mass is 16.4. The number of benzene rings is 1. The first-order valence-electron chi connectivity index (χ1n) is 5.26. The number of carboxylic acids is 1. The van der Waals surface area contributed by atoms with Crippen LogP contribution in [0.5, 0.6) is 0 Å². The molecule has 0 spiro atoms. The molecule has 2 rings (SSSR count). The van der Waals surface area contributed by atoms with Gasteiger partial charge in [-0.1, -0.05) is 26.0 Å². The molecule has 1 N–H and O–H groups in total. The predicted molar refractivity (Wildman–Crippen MR) is 63.8 cm³/mol. The zero-order chi connectivity index (χ0) is 12.3. The standard InChI is InChI=1S/C10H10N2O2.C2H6/c1-6-3-4-7-8(5-6)12(2)11-9(7)10(13)14;1-2/h3-5H,1-2H3,(H,13,14);1-2H3. The summed E-state index contributed by atoms with van der Waals surface area (Å²) in [5, 5.41) is 13.5. The maximum Gasteiger partial charge on any atom is 0.357 e. The van der Waals surface area contributed by atoms with Gasteiger partial charge in [0.15, 0.2) is 5.69 Å². The maximum absolute atomic E-state index is 10.8. The molecule has 4 nitrogen and oxygen atoms in total. The average molecular weight is 220 g/mol. The summed E-state index contributed by atoms with van der Waals surface area (Å²) in [6, 6.07) is 5.60. The molecule has 1 aromatic heterocycles. The van der Waals surface area contributed by atoms with Crippen LogP contribution in [-0.4, -0.2) is 20.9 Å². The first-order valence-corrected chi connectivity index (χ1v) is 5.26. The number of carboxylic acid groups (broad SMARTS) is 1. The molecule has 4 heteroatoms. The molecule has 0 saturated carbocycles. The summed E-state index contributed by atoms with van der Waals surface area (Å²) in [5.41, 5.74) is 2.06. The van der Waals surface area contributed by atoms with Crippen LogP contribution < -0.4 is 0 Å². The number of fused-ring (bicyclic) bond motifs is 1. The normalized spacial score (nSPS) is 9.75. The van der Waals surface area contributed by atoms with Gasteiger partial charge >= 0.3 is 5.97 Å². The molecule has 0 fully saturated rings. The smallest absolute Gasteiger partial charge is 0.357 e. The Kier molecular flexibility index (Phi) is 3.66. The Labute approximate surface area is 94.5 Å². The van der Waals surface area contributed by atoms with Crippen LogP contribution in [0.25, 0.3) is 10.9 Å². The van der Waals surface area contributed by atoms with Crippen LogP contribution in [0.4, 0.5) is 0 Å². The Hall–Kier alpha value is -1.84. The quantitative estimate of drug-likeness (QED) is 0.803. The lowest BCUT2D eigenvalue weighted by atomic mass is 10.1. The van der Waals surface area contributed by atoms with Gasteiger partial charge in [-0.25, -0.2) is 4.79 Å². The van der Waals surface area contributed by atoms with Gasteiger partial charge in [0.1, 0.15) is 0 Å². The number of aromatic nitrogens is 2. The molecular weight excluding hydrogens is 204 g/mol. The molecule has 16 heavy (non-hydrogen) atoms. The number of hydrogen-bond acceptors (Lipinski definition) is 2. The molecule has 1 aromatic carbocycles. The van der Waals surface area contributed by atoms with E-state index in [1.807, 2.05) is 32.9 Å². The van der Waals surface area contributed by atoms with E-state index in [1.165, 1.54) is 0 Å². The summed E-state index contributed by atoms with van der Waals surface area (Å²) < 4.78 is 1.59. The minimum absolute atomic E-state index is 0.113. The number of carbonyl (C=O) groups is 1. The van der Waals surface area contributed by atoms with Crippen LogP contribution >= 0.6 is 0 Å². The van der Waals surface area contributed by atoms with Crippen molar-refractivity contribution in [3.63, 3.8) is 0 Å². The third-order valence-corrected chi connectivity index (χ3v) is 2.21. The van der Waals surface area contributed by atoms with Crippen molar-refractivity contribution in [3.8, 4) is 0 Å². The van der Waals surface area contributed by atoms with Crippen molar-refractivity contribution in [2.45, 2.75) is 20.8 Å². The lowest BCUT2D eigenvalue weighted by molar-refractivity contribution is 0.0691. The van der Waals surface area contributed by atoms with Crippen LogP contribution in [0.3, 0.4) is 0 Å². The van der Waals surface area contributed by atoms with Crippen LogP contribution in [0.2, 0.25) is 0 Å². The zero-order valence-corrected chi connectivity index (χ0v) is 9.98. The average Bonchev–Trinajstić information content (AvgIpc) is 2.59. The van der Waals surface area contributed by atoms with E-state index in [9.17, 15) is 4.79 Å². The van der Waals surface area contributed by atoms with Gasteiger partial charge in [-0.2, -0.15) is 5.10 Å². The zero-order valence-electron chi connectivity index (χ0n) is 9.98. The first kappa shape index (κ1) is 12.2. The van der Waals surface area contributed by atoms with Crippen molar-refractivity contribution in [1.29, 1.82) is 0 Å². The van der Waals surface area contributed by atoms with E-state index in [4.69, 9.17) is 5.11 Å². The molecule has 86 valence electrons. The molecule has 1 heterocycles. The molecule has 0 bridgehead atoms. The van der Waals surface area contributed by atoms with E-state index < -0.39 is 5.97 Å². The van der Waals surface area contributed by atoms with Gasteiger partial charge in [0, 0.05) is 12.4 Å². The van der Waals surface area contributed by atoms with Gasteiger partial charge in [-0.15, -0.1) is 0 Å². The monoisotopic (exact) mass is 220 g/mol. The third kappa shape index (κ3) is 2.05. The number of rotatable bonds is 1. The minimum Gasteiger partial charge on any atom is -0.476 e. The van der Waals surface area contributed by atoms with Crippen LogP contribution in [0.15, 0.2) is 18.2 Å². The molecule has 0 aliphatic rings. The first-order chi connectivity index (χ1) is 7.59. The molecule has 0 amide bonds. The van der Waals surface area contributed by atoms with Gasteiger partial charge in [-0.3, -0.25) is 4.68 Å². The summed E-state index contributed by atoms with van der Waals surface area (Å²) in [5.74, 6) is -0.987. The van der Waals surface area contributed by atoms with Gasteiger partial charge in [0.2, 0.25) is 0 Å². The maximum atomic E-state index is 10.8. The fourth-order valence-electron chi connectivity index (χ4n) is 1.53. The summed E-state index contributed by atoms with van der Waals surface area (Å²) >= 11 is 0. The highest BCUT2D eigenvalue weighted by Gasteiger charge is 2.14. The Morgan fingerprint density at radius 1 is 1.38 bits per heavy atom. The predicted octanol–water partition coefficient (Wildman–Crippen LogP) is 2.61. The molecular formula is C12H16N2O2. The van der Waals surface area contributed by atoms with Crippen molar-refractivity contribution in [1.82, 2.24) is 9.78 Å². The number of nitrogens with zero attached hydrogens (tertiary/aromatic N) is 2. The topological polar surface area (TPSA) is 55.1 Å². The van der Waals surface area contributed by atoms with E-state index in [-0.39, 0.29) is 5.69 Å². The molecule has 0 atom stereocenters. The summed E-state index contributed by atoms with van der Waals surface area (Å²) in [6.45, 7) is 5.97. The Balaban J connectivity index is 0.000000606. The Morgan fingerprint density at radius 2 is 2.00 bits per heavy atom. The summed E-state index contributed by atoms with van der Waals surface area (Å²) in [4.78, 5) is 10.8. The minimum atomic E-state index is -0.987. The molecule has 0 unspecified atom stereocenters. The van der Waals surface area contributed by atoms with Gasteiger partial charge in [-0.05, 0) is 18.6 Å². The molecule has 0 saturated heterocycles. The second-order valence-corrected chi connectivity index (χ2v) is 3.30. The van der Waals surface area contributed by atoms with Crippen molar-refractivity contribution in [2.75, 3.05) is 0 Å². The van der Waals surface area contributed by atoms with Crippen LogP contribution in [-0.2, 0) is 7.05 Å². The van der Waals surface area contributed by atoms with E-state index in [0.717, 1.165) is 11.1 Å². The number of hydrogen-bond donors (Lipinski definition) is 1. The highest BCUT2D eigenvalue weighted by molar-refractivity contribution is 6.01. The fourth-order valence-corrected chi connectivity index (χ4v) is 1.53. The van der Waals surface area contributed by atoms with Crippen LogP contribution in [0.1, 0.15) is 29.9 Å². The van der Waals surface area contributed by atoms with Crippen LogP contribution in [0, 0.1) is 6.92 Å². The Bertz CT molecular complexity index is 515. The fraction of sp³-hybridized carbons (Fsp3) is 0.333. The van der Waals surface area contributed by atoms with Gasteiger partial charge < -0.3 is 5.11 Å². The molecule has 0 aliphatic carbocycles. The summed E-state index contributed by atoms with van der Waals surface area (Å²) in [6.07, 6.45) is 0. The SMILES string of the molecule is CC.Cc1ccc2c(C(=O)O)nn(C)c2c1. The molecule has 2 aromatic rings. The van der Waals surface area contributed by atoms with E-state index in [0.29, 0.717) is 5.39 Å². The second kappa shape index (κ2) is 4.79. The largest absolute Gasteiger partial charge is 0.476 e. The van der Waals surface area contributed by atoms with E-state index in [1.54, 1.807) is 17.8 Å². The second-order valence-electron chi connectivity index (χ2n) is 3.30. The van der Waals surface area contributed by atoms with Crippen molar-refractivity contribution in [2.24, 2.45) is 7.05 Å². The van der Waals surface area contributed by atoms with Crippen molar-refractivity contribution >= 4 is 16.9 Å². The molecule has 0 aliphatic heterocycles. The number of aryl methyl sites for hydroxylation is 2. The van der Waals surface area contributed by atoms with Gasteiger partial charge in [0.05, 0.1) is 5.52 Å². The third-order valence-electron chi connectivity index (χ3n) is 2.21. The lowest BCUT2D eigenvalue weighted by Crippen LogP contribution is -1.99. The van der Waals surface area contributed by atoms with Crippen molar-refractivity contribution < 1.29 is 9.90 Å². The van der Waals surface area contributed by atoms with Crippen molar-refractivity contribution in [3.05, 3.63) is 29.5 Å². The van der Waals surface area contributed by atoms with Gasteiger partial charge in [0.25, 0.3) is 0 Å². The highest BCUT2D eigenvalue weighted by Crippen LogP contribution is 2.18. The van der Waals surface area contributed by atoms with E-state index >= 15 is 0 Å². The molecule has 0 radical (unpaired) electrons. The Morgan fingerprint density at radius 3 is 2.56 bits per heavy atom. The lowest BCUT2D eigenvalue weighted by Gasteiger charge is -1.94. The van der Waals surface area contributed by atoms with E-state index in [2.05, 4.69) is 5.10 Å².